The zero-order valence-electron chi connectivity index (χ0n) is 12.6. The van der Waals surface area contributed by atoms with Crippen molar-refractivity contribution in [1.82, 2.24) is 0 Å². The Morgan fingerprint density at radius 2 is 2.09 bits per heavy atom. The number of benzene rings is 1. The normalized spacial score (nSPS) is 12.0. The van der Waals surface area contributed by atoms with Crippen molar-refractivity contribution in [2.75, 3.05) is 7.11 Å². The third-order valence-corrected chi connectivity index (χ3v) is 6.06. The predicted molar refractivity (Wildman–Crippen MR) is 92.2 cm³/mol. The van der Waals surface area contributed by atoms with E-state index >= 15 is 0 Å². The molecule has 1 N–H and O–H groups in total. The highest BCUT2D eigenvalue weighted by Crippen LogP contribution is 2.43. The average molecular weight is 397 g/mol. The van der Waals surface area contributed by atoms with Gasteiger partial charge in [0.1, 0.15) is 5.56 Å². The smallest absolute Gasteiger partial charge is 0.351 e. The fourth-order valence-electron chi connectivity index (χ4n) is 2.35. The number of fused-ring (bicyclic) bond motifs is 3. The van der Waals surface area contributed by atoms with Crippen LogP contribution in [0.1, 0.15) is 29.1 Å². The van der Waals surface area contributed by atoms with Crippen molar-refractivity contribution < 1.29 is 19.1 Å². The third-order valence-electron chi connectivity index (χ3n) is 3.46. The van der Waals surface area contributed by atoms with Crippen LogP contribution in [0.4, 0.5) is 0 Å². The Labute approximate surface area is 143 Å². The number of halogens is 1. The molecule has 0 amide bonds. The molecular formula is C16H13BrO5S. The Hall–Kier alpha value is -1.70. The molecule has 1 aromatic carbocycles. The number of methoxy groups -OCH3 is 1. The Bertz CT molecular complexity index is 994. The number of rotatable bonds is 2. The summed E-state index contributed by atoms with van der Waals surface area (Å²) in [4.78, 5) is 24.4. The monoisotopic (exact) mass is 396 g/mol. The van der Waals surface area contributed by atoms with Gasteiger partial charge in [0.05, 0.1) is 22.3 Å². The number of hydrogen-bond acceptors (Lipinski definition) is 6. The van der Waals surface area contributed by atoms with Gasteiger partial charge in [-0.25, -0.2) is 9.59 Å². The zero-order valence-corrected chi connectivity index (χ0v) is 15.0. The molecule has 5 nitrogen and oxygen atoms in total. The fraction of sp³-hybridized carbons (Fsp3) is 0.250. The minimum absolute atomic E-state index is 0.141. The summed E-state index contributed by atoms with van der Waals surface area (Å²) in [7, 11) is 1.21. The summed E-state index contributed by atoms with van der Waals surface area (Å²) in [6, 6.07) is 5.08. The summed E-state index contributed by atoms with van der Waals surface area (Å²) in [6.07, 6.45) is 0. The van der Waals surface area contributed by atoms with E-state index in [4.69, 9.17) is 4.42 Å². The lowest BCUT2D eigenvalue weighted by Gasteiger charge is -2.15. The van der Waals surface area contributed by atoms with E-state index in [2.05, 4.69) is 20.7 Å². The van der Waals surface area contributed by atoms with Gasteiger partial charge in [-0.3, -0.25) is 0 Å². The Kier molecular flexibility index (Phi) is 3.82. The number of carbonyl (C=O) groups excluding carboxylic acids is 1. The second-order valence-electron chi connectivity index (χ2n) is 5.60. The van der Waals surface area contributed by atoms with E-state index in [9.17, 15) is 14.7 Å². The standard InChI is InChI=1S/C16H13BrO5S/c1-16(2,20)13-10(17)8-5-4-7-6-9(14(18)21-3)15(19)22-11(7)12(8)23-13/h4-6,20H,1-3H3. The minimum Gasteiger partial charge on any atom is -0.465 e. The number of ether oxygens (including phenoxy) is 1. The van der Waals surface area contributed by atoms with Crippen LogP contribution >= 0.6 is 27.3 Å². The molecule has 2 heterocycles. The molecule has 3 rings (SSSR count). The van der Waals surface area contributed by atoms with Crippen LogP contribution in [0.2, 0.25) is 0 Å². The minimum atomic E-state index is -1.03. The highest BCUT2D eigenvalue weighted by molar-refractivity contribution is 9.10. The van der Waals surface area contributed by atoms with Gasteiger partial charge in [0, 0.05) is 15.2 Å². The number of hydrogen-bond donors (Lipinski definition) is 1. The molecule has 120 valence electrons. The van der Waals surface area contributed by atoms with Crippen molar-refractivity contribution in [1.29, 1.82) is 0 Å². The molecule has 0 spiro atoms. The van der Waals surface area contributed by atoms with Crippen molar-refractivity contribution in [3.63, 3.8) is 0 Å². The SMILES string of the molecule is COC(=O)c1cc2ccc3c(Br)c(C(C)(C)O)sc3c2oc1=O. The Balaban J connectivity index is 2.38. The first-order valence-corrected chi connectivity index (χ1v) is 8.35. The van der Waals surface area contributed by atoms with Gasteiger partial charge < -0.3 is 14.3 Å². The second-order valence-corrected chi connectivity index (χ2v) is 7.42. The van der Waals surface area contributed by atoms with Crippen molar-refractivity contribution in [3.8, 4) is 0 Å². The maximum atomic E-state index is 12.0. The molecule has 0 aliphatic rings. The molecule has 23 heavy (non-hydrogen) atoms. The molecule has 0 fully saturated rings. The van der Waals surface area contributed by atoms with Crippen LogP contribution in [0.25, 0.3) is 21.1 Å². The van der Waals surface area contributed by atoms with Crippen LogP contribution in [-0.2, 0) is 10.3 Å². The van der Waals surface area contributed by atoms with Crippen LogP contribution < -0.4 is 5.63 Å². The molecule has 0 saturated carbocycles. The summed E-state index contributed by atoms with van der Waals surface area (Å²) >= 11 is 4.84. The second kappa shape index (κ2) is 5.43. The maximum Gasteiger partial charge on any atom is 0.351 e. The highest BCUT2D eigenvalue weighted by Gasteiger charge is 2.25. The zero-order chi connectivity index (χ0) is 16.9. The first-order valence-electron chi connectivity index (χ1n) is 6.74. The quantitative estimate of drug-likeness (QED) is 0.526. The molecule has 7 heteroatoms. The van der Waals surface area contributed by atoms with E-state index < -0.39 is 17.2 Å². The van der Waals surface area contributed by atoms with E-state index in [0.29, 0.717) is 11.0 Å². The number of thiophene rings is 1. The van der Waals surface area contributed by atoms with Gasteiger partial charge in [0.15, 0.2) is 5.58 Å². The van der Waals surface area contributed by atoms with Gasteiger partial charge in [0.2, 0.25) is 0 Å². The van der Waals surface area contributed by atoms with Gasteiger partial charge in [-0.15, -0.1) is 11.3 Å². The molecule has 0 aliphatic carbocycles. The van der Waals surface area contributed by atoms with Gasteiger partial charge in [-0.2, -0.15) is 0 Å². The van der Waals surface area contributed by atoms with Crippen molar-refractivity contribution in [2.24, 2.45) is 0 Å². The third kappa shape index (κ3) is 2.58. The molecule has 0 atom stereocenters. The number of carbonyl (C=O) groups is 1. The summed E-state index contributed by atoms with van der Waals surface area (Å²) in [5, 5.41) is 11.7. The Morgan fingerprint density at radius 3 is 2.70 bits per heavy atom. The number of esters is 1. The lowest BCUT2D eigenvalue weighted by molar-refractivity contribution is 0.0596. The molecule has 0 unspecified atom stereocenters. The molecule has 3 aromatic rings. The largest absolute Gasteiger partial charge is 0.465 e. The summed E-state index contributed by atoms with van der Waals surface area (Å²) in [6.45, 7) is 3.38. The molecular weight excluding hydrogens is 384 g/mol. The van der Waals surface area contributed by atoms with Crippen LogP contribution in [0, 0.1) is 0 Å². The lowest BCUT2D eigenvalue weighted by Crippen LogP contribution is -2.14. The van der Waals surface area contributed by atoms with Crippen LogP contribution in [0.5, 0.6) is 0 Å². The molecule has 2 aromatic heterocycles. The van der Waals surface area contributed by atoms with Crippen LogP contribution in [-0.4, -0.2) is 18.2 Å². The summed E-state index contributed by atoms with van der Waals surface area (Å²) in [5.74, 6) is -0.731. The summed E-state index contributed by atoms with van der Waals surface area (Å²) < 4.78 is 11.5. The topological polar surface area (TPSA) is 76.7 Å². The molecule has 0 saturated heterocycles. The summed E-state index contributed by atoms with van der Waals surface area (Å²) in [5.41, 5.74) is -1.52. The first-order chi connectivity index (χ1) is 10.7. The first kappa shape index (κ1) is 16.2. The van der Waals surface area contributed by atoms with Gasteiger partial charge in [0.25, 0.3) is 0 Å². The molecule has 0 radical (unpaired) electrons. The van der Waals surface area contributed by atoms with Gasteiger partial charge in [-0.05, 0) is 35.8 Å². The van der Waals surface area contributed by atoms with E-state index in [1.165, 1.54) is 24.5 Å². The fourth-order valence-corrected chi connectivity index (χ4v) is 4.72. The maximum absolute atomic E-state index is 12.0. The average Bonchev–Trinajstić information content (AvgIpc) is 2.83. The van der Waals surface area contributed by atoms with Crippen molar-refractivity contribution >= 4 is 54.3 Å². The van der Waals surface area contributed by atoms with E-state index in [-0.39, 0.29) is 5.56 Å². The van der Waals surface area contributed by atoms with Crippen molar-refractivity contribution in [3.05, 3.63) is 43.5 Å². The van der Waals surface area contributed by atoms with Gasteiger partial charge >= 0.3 is 11.6 Å². The molecule has 0 aliphatic heterocycles. The Morgan fingerprint density at radius 1 is 1.39 bits per heavy atom. The van der Waals surface area contributed by atoms with Crippen LogP contribution in [0.15, 0.2) is 31.9 Å². The number of aliphatic hydroxyl groups is 1. The van der Waals surface area contributed by atoms with E-state index in [0.717, 1.165) is 19.4 Å². The lowest BCUT2D eigenvalue weighted by atomic mass is 10.1. The predicted octanol–water partition coefficient (Wildman–Crippen LogP) is 3.78. The van der Waals surface area contributed by atoms with E-state index in [1.807, 2.05) is 6.07 Å². The van der Waals surface area contributed by atoms with E-state index in [1.54, 1.807) is 19.9 Å². The van der Waals surface area contributed by atoms with Crippen LogP contribution in [0.3, 0.4) is 0 Å². The molecule has 0 bridgehead atoms. The van der Waals surface area contributed by atoms with Crippen molar-refractivity contribution in [2.45, 2.75) is 19.4 Å². The highest BCUT2D eigenvalue weighted by atomic mass is 79.9. The van der Waals surface area contributed by atoms with Gasteiger partial charge in [-0.1, -0.05) is 12.1 Å².